The van der Waals surface area contributed by atoms with Crippen LogP contribution in [-0.4, -0.2) is 26.8 Å². The maximum absolute atomic E-state index is 13.0. The minimum atomic E-state index is -5.60. The van der Waals surface area contributed by atoms with Gasteiger partial charge in [-0.15, -0.1) is 0 Å². The monoisotopic (exact) mass is 391 g/mol. The van der Waals surface area contributed by atoms with Crippen LogP contribution in [-0.2, 0) is 16.6 Å². The number of carbonyl (C=O) groups is 1. The van der Waals surface area contributed by atoms with Crippen molar-refractivity contribution in [3.8, 4) is 5.75 Å². The number of carbonyl (C=O) groups excluding carboxylic acids is 1. The van der Waals surface area contributed by atoms with E-state index in [9.17, 15) is 30.8 Å². The maximum atomic E-state index is 13.0. The first kappa shape index (κ1) is 19.9. The minimum absolute atomic E-state index is 0.0304. The first-order valence-corrected chi connectivity index (χ1v) is 8.57. The third-order valence-corrected chi connectivity index (χ3v) is 4.58. The molecule has 0 fully saturated rings. The highest BCUT2D eigenvalue weighted by Crippen LogP contribution is 2.27. The zero-order chi connectivity index (χ0) is 19.5. The quantitative estimate of drug-likeness (QED) is 0.607. The first-order chi connectivity index (χ1) is 12.1. The summed E-state index contributed by atoms with van der Waals surface area (Å²) in [5.74, 6) is -1.15. The highest BCUT2D eigenvalue weighted by Gasteiger charge is 2.45. The van der Waals surface area contributed by atoms with Crippen molar-refractivity contribution < 1.29 is 35.5 Å². The Morgan fingerprint density at radius 1 is 1.12 bits per heavy atom. The van der Waals surface area contributed by atoms with Crippen LogP contribution in [0.3, 0.4) is 0 Å². The summed E-state index contributed by atoms with van der Waals surface area (Å²) in [5.41, 5.74) is -5.55. The molecular formula is C16H13F4NO4S. The molecule has 1 N–H and O–H groups in total. The van der Waals surface area contributed by atoms with Crippen LogP contribution in [0.1, 0.15) is 21.5 Å². The van der Waals surface area contributed by atoms with Gasteiger partial charge >= 0.3 is 15.5 Å². The molecule has 140 valence electrons. The van der Waals surface area contributed by atoms with Gasteiger partial charge in [-0.1, -0.05) is 12.1 Å². The maximum Gasteiger partial charge on any atom is 0.511 e. The van der Waals surface area contributed by atoms with E-state index < -0.39 is 33.7 Å². The van der Waals surface area contributed by atoms with Crippen LogP contribution in [0.4, 0.5) is 17.6 Å². The molecule has 0 aliphatic rings. The summed E-state index contributed by atoms with van der Waals surface area (Å²) in [5, 5.41) is 0. The van der Waals surface area contributed by atoms with Crippen LogP contribution in [0.5, 0.6) is 5.75 Å². The van der Waals surface area contributed by atoms with Gasteiger partial charge in [0.2, 0.25) is 0 Å². The molecule has 26 heavy (non-hydrogen) atoms. The van der Waals surface area contributed by atoms with E-state index in [1.165, 1.54) is 42.2 Å². The molecule has 0 heterocycles. The molecule has 0 aliphatic heterocycles. The number of alkyl halides is 3. The second-order valence-electron chi connectivity index (χ2n) is 5.09. The van der Waals surface area contributed by atoms with E-state index >= 15 is 0 Å². The number of methoxy groups -OCH3 is 1. The molecule has 0 saturated carbocycles. The number of hydrogen-bond acceptors (Lipinski definition) is 4. The predicted molar refractivity (Wildman–Crippen MR) is 84.6 cm³/mol. The van der Waals surface area contributed by atoms with Gasteiger partial charge in [0.15, 0.2) is 5.78 Å². The SMILES string of the molecule is COc1cccc(C(=O)c2ccc(F)cc2)c1CNS(=O)(=O)C(F)(F)F. The van der Waals surface area contributed by atoms with Crippen LogP contribution < -0.4 is 9.46 Å². The average Bonchev–Trinajstić information content (AvgIpc) is 2.58. The number of hydrogen-bond donors (Lipinski definition) is 1. The summed E-state index contributed by atoms with van der Waals surface area (Å²) in [6.45, 7) is -0.811. The van der Waals surface area contributed by atoms with Crippen LogP contribution in [0, 0.1) is 5.82 Å². The van der Waals surface area contributed by atoms with Crippen molar-refractivity contribution in [2.75, 3.05) is 7.11 Å². The Hall–Kier alpha value is -2.46. The number of ether oxygens (including phenoxy) is 1. The molecule has 0 amide bonds. The number of ketones is 1. The van der Waals surface area contributed by atoms with E-state index in [0.717, 1.165) is 12.1 Å². The standard InChI is InChI=1S/C16H13F4NO4S/c1-25-14-4-2-3-12(15(22)10-5-7-11(17)8-6-10)13(14)9-21-26(23,24)16(18,19)20/h2-8,21H,9H2,1H3. The van der Waals surface area contributed by atoms with Gasteiger partial charge in [-0.05, 0) is 30.3 Å². The summed E-state index contributed by atoms with van der Waals surface area (Å²) in [6.07, 6.45) is 0. The van der Waals surface area contributed by atoms with E-state index in [0.29, 0.717) is 0 Å². The topological polar surface area (TPSA) is 72.5 Å². The third-order valence-electron chi connectivity index (χ3n) is 3.45. The lowest BCUT2D eigenvalue weighted by Gasteiger charge is -2.15. The summed E-state index contributed by atoms with van der Waals surface area (Å²) in [6, 6.07) is 8.64. The molecule has 10 heteroatoms. The molecular weight excluding hydrogens is 378 g/mol. The number of halogens is 4. The van der Waals surface area contributed by atoms with Crippen LogP contribution >= 0.6 is 0 Å². The zero-order valence-electron chi connectivity index (χ0n) is 13.3. The average molecular weight is 391 g/mol. The van der Waals surface area contributed by atoms with Crippen molar-refractivity contribution in [1.29, 1.82) is 0 Å². The molecule has 0 bridgehead atoms. The van der Waals surface area contributed by atoms with E-state index in [4.69, 9.17) is 4.74 Å². The second-order valence-corrected chi connectivity index (χ2v) is 6.85. The Labute approximate surface area is 146 Å². The van der Waals surface area contributed by atoms with Crippen LogP contribution in [0.2, 0.25) is 0 Å². The smallest absolute Gasteiger partial charge is 0.496 e. The van der Waals surface area contributed by atoms with Gasteiger partial charge < -0.3 is 4.74 Å². The van der Waals surface area contributed by atoms with Gasteiger partial charge in [-0.25, -0.2) is 17.5 Å². The fourth-order valence-corrected chi connectivity index (χ4v) is 2.66. The van der Waals surface area contributed by atoms with Gasteiger partial charge in [-0.2, -0.15) is 13.2 Å². The second kappa shape index (κ2) is 7.42. The first-order valence-electron chi connectivity index (χ1n) is 7.09. The molecule has 5 nitrogen and oxygen atoms in total. The lowest BCUT2D eigenvalue weighted by molar-refractivity contribution is -0.0448. The highest BCUT2D eigenvalue weighted by atomic mass is 32.2. The van der Waals surface area contributed by atoms with Crippen molar-refractivity contribution in [1.82, 2.24) is 4.72 Å². The summed E-state index contributed by atoms with van der Waals surface area (Å²) in [7, 11) is -4.37. The Morgan fingerprint density at radius 3 is 2.27 bits per heavy atom. The van der Waals surface area contributed by atoms with Crippen molar-refractivity contribution in [3.05, 3.63) is 65.0 Å². The Bertz CT molecular complexity index is 909. The minimum Gasteiger partial charge on any atom is -0.496 e. The molecule has 0 spiro atoms. The Balaban J connectivity index is 2.42. The van der Waals surface area contributed by atoms with E-state index in [-0.39, 0.29) is 22.4 Å². The molecule has 0 unspecified atom stereocenters. The lowest BCUT2D eigenvalue weighted by atomic mass is 9.97. The molecule has 0 atom stereocenters. The van der Waals surface area contributed by atoms with E-state index in [2.05, 4.69) is 0 Å². The van der Waals surface area contributed by atoms with Gasteiger partial charge in [0.1, 0.15) is 11.6 Å². The van der Waals surface area contributed by atoms with Crippen molar-refractivity contribution in [3.63, 3.8) is 0 Å². The Morgan fingerprint density at radius 2 is 1.73 bits per heavy atom. The fourth-order valence-electron chi connectivity index (χ4n) is 2.16. The molecule has 0 radical (unpaired) electrons. The van der Waals surface area contributed by atoms with Crippen LogP contribution in [0.15, 0.2) is 42.5 Å². The van der Waals surface area contributed by atoms with Gasteiger partial charge in [0.05, 0.1) is 7.11 Å². The van der Waals surface area contributed by atoms with Crippen molar-refractivity contribution in [2.24, 2.45) is 0 Å². The predicted octanol–water partition coefficient (Wildman–Crippen LogP) is 3.00. The van der Waals surface area contributed by atoms with E-state index in [1.54, 1.807) is 0 Å². The molecule has 0 aliphatic carbocycles. The molecule has 2 aromatic carbocycles. The Kier molecular flexibility index (Phi) is 5.67. The third kappa shape index (κ3) is 4.20. The molecule has 2 aromatic rings. The van der Waals surface area contributed by atoms with Crippen molar-refractivity contribution in [2.45, 2.75) is 12.1 Å². The van der Waals surface area contributed by atoms with Crippen molar-refractivity contribution >= 4 is 15.8 Å². The number of benzene rings is 2. The highest BCUT2D eigenvalue weighted by molar-refractivity contribution is 7.90. The molecule has 2 rings (SSSR count). The lowest BCUT2D eigenvalue weighted by Crippen LogP contribution is -2.36. The van der Waals surface area contributed by atoms with Gasteiger partial charge in [0.25, 0.3) is 0 Å². The summed E-state index contributed by atoms with van der Waals surface area (Å²) < 4.78 is 79.3. The van der Waals surface area contributed by atoms with Crippen LogP contribution in [0.25, 0.3) is 0 Å². The van der Waals surface area contributed by atoms with Gasteiger partial charge in [-0.3, -0.25) is 4.79 Å². The number of nitrogens with one attached hydrogen (secondary N) is 1. The molecule has 0 aromatic heterocycles. The number of rotatable bonds is 6. The zero-order valence-corrected chi connectivity index (χ0v) is 14.1. The molecule has 0 saturated heterocycles. The summed E-state index contributed by atoms with van der Waals surface area (Å²) >= 11 is 0. The van der Waals surface area contributed by atoms with E-state index in [1.807, 2.05) is 0 Å². The number of sulfonamides is 1. The normalized spacial score (nSPS) is 12.0. The fraction of sp³-hybridized carbons (Fsp3) is 0.188. The van der Waals surface area contributed by atoms with Gasteiger partial charge in [0, 0.05) is 23.2 Å². The summed E-state index contributed by atoms with van der Waals surface area (Å²) in [4.78, 5) is 12.6. The largest absolute Gasteiger partial charge is 0.511 e.